The van der Waals surface area contributed by atoms with Crippen LogP contribution in [0.3, 0.4) is 0 Å². The lowest BCUT2D eigenvalue weighted by Gasteiger charge is -2.36. The fourth-order valence-electron chi connectivity index (χ4n) is 4.17. The van der Waals surface area contributed by atoms with Gasteiger partial charge in [-0.3, -0.25) is 9.69 Å². The average molecular weight is 491 g/mol. The van der Waals surface area contributed by atoms with E-state index in [0.29, 0.717) is 24.3 Å². The molecular weight excluding hydrogens is 459 g/mol. The van der Waals surface area contributed by atoms with Crippen molar-refractivity contribution in [3.63, 3.8) is 0 Å². The van der Waals surface area contributed by atoms with E-state index in [2.05, 4.69) is 34.1 Å². The molecule has 4 rings (SSSR count). The quantitative estimate of drug-likeness (QED) is 0.457. The summed E-state index contributed by atoms with van der Waals surface area (Å²) < 4.78 is 6.06. The number of rotatable bonds is 8. The molecule has 0 bridgehead atoms. The highest BCUT2D eigenvalue weighted by molar-refractivity contribution is 6.04. The predicted octanol–water partition coefficient (Wildman–Crippen LogP) is 4.84. The monoisotopic (exact) mass is 490 g/mol. The number of ether oxygens (including phenoxy) is 1. The predicted molar refractivity (Wildman–Crippen MR) is 140 cm³/mol. The van der Waals surface area contributed by atoms with E-state index in [4.69, 9.17) is 4.74 Å². The molecule has 1 aliphatic heterocycles. The van der Waals surface area contributed by atoms with Crippen LogP contribution in [0.4, 0.5) is 5.69 Å². The van der Waals surface area contributed by atoms with Gasteiger partial charge in [-0.15, -0.1) is 24.8 Å². The van der Waals surface area contributed by atoms with Crippen molar-refractivity contribution in [2.45, 2.75) is 19.4 Å². The second-order valence-corrected chi connectivity index (χ2v) is 8.03. The van der Waals surface area contributed by atoms with Crippen molar-refractivity contribution >= 4 is 47.1 Å². The van der Waals surface area contributed by atoms with E-state index in [0.717, 1.165) is 37.0 Å². The number of halogens is 2. The molecule has 1 heterocycles. The van der Waals surface area contributed by atoms with Gasteiger partial charge in [-0.1, -0.05) is 55.5 Å². The van der Waals surface area contributed by atoms with Crippen LogP contribution < -0.4 is 9.64 Å². The molecule has 0 saturated carbocycles. The van der Waals surface area contributed by atoms with Gasteiger partial charge in [0.2, 0.25) is 0 Å². The maximum absolute atomic E-state index is 12.4. The number of carbonyl (C=O) groups excluding carboxylic acids is 1. The van der Waals surface area contributed by atoms with Gasteiger partial charge in [0.05, 0.1) is 5.56 Å². The van der Waals surface area contributed by atoms with Crippen molar-refractivity contribution in [2.24, 2.45) is 0 Å². The number of ketones is 1. The zero-order valence-corrected chi connectivity index (χ0v) is 20.5. The third-order valence-electron chi connectivity index (χ3n) is 5.88. The molecule has 0 radical (unpaired) electrons. The second kappa shape index (κ2) is 12.8. The topological polar surface area (TPSA) is 53.0 Å². The summed E-state index contributed by atoms with van der Waals surface area (Å²) in [6.45, 7) is 6.26. The average Bonchev–Trinajstić information content (AvgIpc) is 2.83. The standard InChI is InChI=1S/C26H30N2O3.2ClH/c1-2-25(30)24-13-12-20-8-6-7-11-23(20)26(24)31-19-22(29)18-27-14-16-28(17-15-27)21-9-4-3-5-10-21;;/h3-13,22,29H,2,14-19H2,1H3;2*1H. The molecule has 0 spiro atoms. The number of fused-ring (bicyclic) bond motifs is 1. The van der Waals surface area contributed by atoms with E-state index in [1.165, 1.54) is 5.69 Å². The van der Waals surface area contributed by atoms with E-state index in [-0.39, 0.29) is 37.2 Å². The lowest BCUT2D eigenvalue weighted by molar-refractivity contribution is 0.0661. The maximum atomic E-state index is 12.4. The number of carbonyl (C=O) groups is 1. The minimum absolute atomic E-state index is 0. The van der Waals surface area contributed by atoms with Gasteiger partial charge < -0.3 is 14.7 Å². The first kappa shape index (κ1) is 26.9. The lowest BCUT2D eigenvalue weighted by atomic mass is 10.0. The van der Waals surface area contributed by atoms with Crippen molar-refractivity contribution in [3.8, 4) is 5.75 Å². The summed E-state index contributed by atoms with van der Waals surface area (Å²) in [4.78, 5) is 17.1. The molecule has 1 N–H and O–H groups in total. The number of hydrogen-bond donors (Lipinski definition) is 1. The van der Waals surface area contributed by atoms with Crippen molar-refractivity contribution < 1.29 is 14.6 Å². The molecule has 1 saturated heterocycles. The van der Waals surface area contributed by atoms with E-state index in [9.17, 15) is 9.90 Å². The highest BCUT2D eigenvalue weighted by Crippen LogP contribution is 2.31. The van der Waals surface area contributed by atoms with Gasteiger partial charge in [0.25, 0.3) is 0 Å². The summed E-state index contributed by atoms with van der Waals surface area (Å²) in [6, 6.07) is 22.1. The number of benzene rings is 3. The summed E-state index contributed by atoms with van der Waals surface area (Å²) in [5, 5.41) is 12.6. The highest BCUT2D eigenvalue weighted by atomic mass is 35.5. The van der Waals surface area contributed by atoms with Crippen LogP contribution in [0.25, 0.3) is 10.8 Å². The summed E-state index contributed by atoms with van der Waals surface area (Å²) in [5.41, 5.74) is 1.83. The number of Topliss-reactive ketones (excluding diaryl/α,β-unsaturated/α-hetero) is 1. The third kappa shape index (κ3) is 6.61. The zero-order valence-electron chi connectivity index (χ0n) is 18.9. The normalized spacial score (nSPS) is 14.8. The van der Waals surface area contributed by atoms with Gasteiger partial charge in [0, 0.05) is 50.2 Å². The van der Waals surface area contributed by atoms with E-state index in [1.54, 1.807) is 0 Å². The number of para-hydroxylation sites is 1. The molecule has 5 nitrogen and oxygen atoms in total. The molecule has 178 valence electrons. The number of aliphatic hydroxyl groups excluding tert-OH is 1. The Balaban J connectivity index is 0.00000193. The Morgan fingerprint density at radius 1 is 0.939 bits per heavy atom. The van der Waals surface area contributed by atoms with Crippen molar-refractivity contribution in [1.82, 2.24) is 4.90 Å². The second-order valence-electron chi connectivity index (χ2n) is 8.03. The van der Waals surface area contributed by atoms with Crippen LogP contribution in [0.15, 0.2) is 66.7 Å². The van der Waals surface area contributed by atoms with Gasteiger partial charge in [-0.05, 0) is 23.6 Å². The van der Waals surface area contributed by atoms with Crippen LogP contribution in [0.2, 0.25) is 0 Å². The Morgan fingerprint density at radius 2 is 1.61 bits per heavy atom. The molecular formula is C26H32Cl2N2O3. The summed E-state index contributed by atoms with van der Waals surface area (Å²) in [6.07, 6.45) is -0.199. The Labute approximate surface area is 208 Å². The molecule has 0 aliphatic carbocycles. The summed E-state index contributed by atoms with van der Waals surface area (Å²) in [5.74, 6) is 0.630. The molecule has 1 aliphatic rings. The van der Waals surface area contributed by atoms with Crippen molar-refractivity contribution in [3.05, 3.63) is 72.3 Å². The van der Waals surface area contributed by atoms with Crippen molar-refractivity contribution in [1.29, 1.82) is 0 Å². The first-order valence-electron chi connectivity index (χ1n) is 11.0. The lowest BCUT2D eigenvalue weighted by Crippen LogP contribution is -2.49. The smallest absolute Gasteiger partial charge is 0.166 e. The number of hydrogen-bond acceptors (Lipinski definition) is 5. The first-order chi connectivity index (χ1) is 15.2. The minimum Gasteiger partial charge on any atom is -0.489 e. The van der Waals surface area contributed by atoms with Crippen LogP contribution in [-0.4, -0.2) is 61.2 Å². The molecule has 3 aromatic carbocycles. The highest BCUT2D eigenvalue weighted by Gasteiger charge is 2.21. The van der Waals surface area contributed by atoms with Gasteiger partial charge in [0.1, 0.15) is 18.5 Å². The fourth-order valence-corrected chi connectivity index (χ4v) is 4.17. The van der Waals surface area contributed by atoms with E-state index >= 15 is 0 Å². The van der Waals surface area contributed by atoms with Crippen LogP contribution in [0.5, 0.6) is 5.75 Å². The van der Waals surface area contributed by atoms with Crippen LogP contribution in [-0.2, 0) is 0 Å². The maximum Gasteiger partial charge on any atom is 0.166 e. The zero-order chi connectivity index (χ0) is 21.6. The fraction of sp³-hybridized carbons (Fsp3) is 0.346. The summed E-state index contributed by atoms with van der Waals surface area (Å²) in [7, 11) is 0. The molecule has 1 atom stereocenters. The molecule has 7 heteroatoms. The Hall–Kier alpha value is -2.31. The molecule has 1 fully saturated rings. The number of β-amino-alcohol motifs (C(OH)–C–C–N with tert-alkyl or cyclic N) is 1. The first-order valence-corrected chi connectivity index (χ1v) is 11.0. The van der Waals surface area contributed by atoms with Gasteiger partial charge in [0.15, 0.2) is 5.78 Å². The number of anilines is 1. The van der Waals surface area contributed by atoms with E-state index in [1.807, 2.05) is 49.4 Å². The molecule has 0 amide bonds. The SMILES string of the molecule is CCC(=O)c1ccc2ccccc2c1OCC(O)CN1CCN(c2ccccc2)CC1.Cl.Cl. The van der Waals surface area contributed by atoms with Gasteiger partial charge in [-0.2, -0.15) is 0 Å². The largest absolute Gasteiger partial charge is 0.489 e. The number of piperazine rings is 1. The Kier molecular flexibility index (Phi) is 10.5. The molecule has 3 aromatic rings. The van der Waals surface area contributed by atoms with Crippen LogP contribution >= 0.6 is 24.8 Å². The van der Waals surface area contributed by atoms with Gasteiger partial charge >= 0.3 is 0 Å². The van der Waals surface area contributed by atoms with Crippen molar-refractivity contribution in [2.75, 3.05) is 44.2 Å². The van der Waals surface area contributed by atoms with Gasteiger partial charge in [-0.25, -0.2) is 0 Å². The molecule has 0 aromatic heterocycles. The molecule has 1 unspecified atom stereocenters. The number of nitrogens with zero attached hydrogens (tertiary/aromatic N) is 2. The van der Waals surface area contributed by atoms with Crippen LogP contribution in [0.1, 0.15) is 23.7 Å². The number of aliphatic hydroxyl groups is 1. The van der Waals surface area contributed by atoms with E-state index < -0.39 is 6.10 Å². The molecule has 33 heavy (non-hydrogen) atoms. The minimum atomic E-state index is -0.619. The Bertz CT molecular complexity index is 1020. The Morgan fingerprint density at radius 3 is 2.30 bits per heavy atom. The van der Waals surface area contributed by atoms with Crippen LogP contribution in [0, 0.1) is 0 Å². The third-order valence-corrected chi connectivity index (χ3v) is 5.88. The summed E-state index contributed by atoms with van der Waals surface area (Å²) >= 11 is 0.